The predicted octanol–water partition coefficient (Wildman–Crippen LogP) is 3.67. The fourth-order valence-corrected chi connectivity index (χ4v) is 3.27. The van der Waals surface area contributed by atoms with Crippen LogP contribution in [0.15, 0.2) is 36.4 Å². The molecule has 0 radical (unpaired) electrons. The van der Waals surface area contributed by atoms with Crippen molar-refractivity contribution in [3.8, 4) is 23.0 Å². The van der Waals surface area contributed by atoms with Crippen LogP contribution in [-0.4, -0.2) is 34.2 Å². The highest BCUT2D eigenvalue weighted by Crippen LogP contribution is 2.46. The minimum absolute atomic E-state index is 0.0759. The van der Waals surface area contributed by atoms with Crippen molar-refractivity contribution in [1.82, 2.24) is 0 Å². The number of rotatable bonds is 5. The molecule has 5 nitrogen and oxygen atoms in total. The minimum Gasteiger partial charge on any atom is -0.497 e. The molecule has 0 saturated heterocycles. The van der Waals surface area contributed by atoms with Crippen molar-refractivity contribution < 1.29 is 23.7 Å². The fraction of sp³-hybridized carbons (Fsp3) is 0.286. The zero-order valence-corrected chi connectivity index (χ0v) is 15.4. The second-order valence-corrected chi connectivity index (χ2v) is 5.92. The molecule has 0 N–H and O–H groups in total. The van der Waals surface area contributed by atoms with Crippen molar-refractivity contribution in [2.75, 3.05) is 28.4 Å². The number of allylic oxidation sites excluding steroid dienone is 1. The molecule has 0 aromatic heterocycles. The third-order valence-corrected chi connectivity index (χ3v) is 4.55. The standard InChI is InChI=1S/C21H22O5/c1-23-15-8-5-13(6-9-15)17-11-14(22)7-10-16-18(17)12-19(24-2)21(26-4)20(16)25-3/h5-6,8-9,11-12H,7,10H2,1-4H3. The number of hydrogen-bond acceptors (Lipinski definition) is 5. The lowest BCUT2D eigenvalue weighted by Crippen LogP contribution is -2.03. The summed E-state index contributed by atoms with van der Waals surface area (Å²) in [7, 11) is 6.39. The molecular formula is C21H22O5. The lowest BCUT2D eigenvalue weighted by atomic mass is 9.92. The van der Waals surface area contributed by atoms with Gasteiger partial charge in [0.2, 0.25) is 5.75 Å². The summed E-state index contributed by atoms with van der Waals surface area (Å²) >= 11 is 0. The van der Waals surface area contributed by atoms with Gasteiger partial charge in [0.15, 0.2) is 17.3 Å². The lowest BCUT2D eigenvalue weighted by Gasteiger charge is -2.20. The molecular weight excluding hydrogens is 332 g/mol. The van der Waals surface area contributed by atoms with Crippen LogP contribution in [0.5, 0.6) is 23.0 Å². The number of hydrogen-bond donors (Lipinski definition) is 0. The minimum atomic E-state index is 0.0759. The Labute approximate surface area is 153 Å². The summed E-state index contributed by atoms with van der Waals surface area (Å²) in [6.07, 6.45) is 2.69. The van der Waals surface area contributed by atoms with Gasteiger partial charge in [-0.3, -0.25) is 4.79 Å². The number of fused-ring (bicyclic) bond motifs is 1. The van der Waals surface area contributed by atoms with Crippen LogP contribution in [-0.2, 0) is 11.2 Å². The Kier molecular flexibility index (Phi) is 5.16. The summed E-state index contributed by atoms with van der Waals surface area (Å²) in [5, 5.41) is 0. The van der Waals surface area contributed by atoms with Crippen LogP contribution in [0.3, 0.4) is 0 Å². The van der Waals surface area contributed by atoms with E-state index in [0.29, 0.717) is 30.1 Å². The van der Waals surface area contributed by atoms with Crippen molar-refractivity contribution in [1.29, 1.82) is 0 Å². The maximum Gasteiger partial charge on any atom is 0.203 e. The van der Waals surface area contributed by atoms with E-state index in [2.05, 4.69) is 0 Å². The van der Waals surface area contributed by atoms with Crippen LogP contribution in [0.4, 0.5) is 0 Å². The van der Waals surface area contributed by atoms with Crippen molar-refractivity contribution in [2.45, 2.75) is 12.8 Å². The maximum absolute atomic E-state index is 12.4. The number of carbonyl (C=O) groups is 1. The van der Waals surface area contributed by atoms with Crippen LogP contribution < -0.4 is 18.9 Å². The third-order valence-electron chi connectivity index (χ3n) is 4.55. The first-order valence-electron chi connectivity index (χ1n) is 8.34. The molecule has 2 aromatic rings. The normalized spacial score (nSPS) is 13.4. The first-order chi connectivity index (χ1) is 12.6. The average molecular weight is 354 g/mol. The summed E-state index contributed by atoms with van der Waals surface area (Å²) in [5.41, 5.74) is 3.62. The van der Waals surface area contributed by atoms with E-state index in [0.717, 1.165) is 28.0 Å². The van der Waals surface area contributed by atoms with E-state index in [-0.39, 0.29) is 5.78 Å². The Morgan fingerprint density at radius 2 is 1.50 bits per heavy atom. The van der Waals surface area contributed by atoms with Gasteiger partial charge in [-0.2, -0.15) is 0 Å². The molecule has 0 amide bonds. The van der Waals surface area contributed by atoms with Crippen molar-refractivity contribution >= 4 is 11.4 Å². The first kappa shape index (κ1) is 17.9. The van der Waals surface area contributed by atoms with E-state index in [1.807, 2.05) is 30.3 Å². The van der Waals surface area contributed by atoms with Gasteiger partial charge in [-0.25, -0.2) is 0 Å². The number of ether oxygens (including phenoxy) is 4. The van der Waals surface area contributed by atoms with Gasteiger partial charge in [0.1, 0.15) is 5.75 Å². The van der Waals surface area contributed by atoms with Crippen LogP contribution >= 0.6 is 0 Å². The second kappa shape index (κ2) is 7.52. The smallest absolute Gasteiger partial charge is 0.203 e. The summed E-state index contributed by atoms with van der Waals surface area (Å²) in [6.45, 7) is 0. The zero-order valence-electron chi connectivity index (χ0n) is 15.4. The predicted molar refractivity (Wildman–Crippen MR) is 99.5 cm³/mol. The van der Waals surface area contributed by atoms with Crippen molar-refractivity contribution in [3.63, 3.8) is 0 Å². The van der Waals surface area contributed by atoms with E-state index >= 15 is 0 Å². The summed E-state index contributed by atoms with van der Waals surface area (Å²) < 4.78 is 21.8. The van der Waals surface area contributed by atoms with E-state index in [9.17, 15) is 4.79 Å². The van der Waals surface area contributed by atoms with Crippen LogP contribution in [0.2, 0.25) is 0 Å². The van der Waals surface area contributed by atoms with Gasteiger partial charge < -0.3 is 18.9 Å². The molecule has 2 aromatic carbocycles. The molecule has 0 bridgehead atoms. The fourth-order valence-electron chi connectivity index (χ4n) is 3.27. The Morgan fingerprint density at radius 1 is 0.808 bits per heavy atom. The topological polar surface area (TPSA) is 54.0 Å². The Balaban J connectivity index is 2.25. The van der Waals surface area contributed by atoms with Crippen molar-refractivity contribution in [3.05, 3.63) is 53.1 Å². The van der Waals surface area contributed by atoms with E-state index in [4.69, 9.17) is 18.9 Å². The first-order valence-corrected chi connectivity index (χ1v) is 8.34. The van der Waals surface area contributed by atoms with Crippen LogP contribution in [0, 0.1) is 0 Å². The molecule has 0 spiro atoms. The number of ketones is 1. The van der Waals surface area contributed by atoms with Gasteiger partial charge in [-0.15, -0.1) is 0 Å². The summed E-state index contributed by atoms with van der Waals surface area (Å²) in [4.78, 5) is 12.4. The second-order valence-electron chi connectivity index (χ2n) is 5.92. The SMILES string of the molecule is COc1ccc(C2=CC(=O)CCc3c2cc(OC)c(OC)c3OC)cc1. The molecule has 0 fully saturated rings. The molecule has 136 valence electrons. The Hall–Kier alpha value is -2.95. The lowest BCUT2D eigenvalue weighted by molar-refractivity contribution is -0.114. The molecule has 0 saturated carbocycles. The molecule has 5 heteroatoms. The van der Waals surface area contributed by atoms with E-state index in [1.165, 1.54) is 0 Å². The highest BCUT2D eigenvalue weighted by Gasteiger charge is 2.25. The monoisotopic (exact) mass is 354 g/mol. The van der Waals surface area contributed by atoms with Gasteiger partial charge in [0, 0.05) is 12.0 Å². The molecule has 0 unspecified atom stereocenters. The highest BCUT2D eigenvalue weighted by atomic mass is 16.5. The number of carbonyl (C=O) groups excluding carboxylic acids is 1. The molecule has 0 heterocycles. The largest absolute Gasteiger partial charge is 0.497 e. The Bertz CT molecular complexity index is 850. The van der Waals surface area contributed by atoms with Crippen LogP contribution in [0.25, 0.3) is 5.57 Å². The molecule has 26 heavy (non-hydrogen) atoms. The van der Waals surface area contributed by atoms with Crippen LogP contribution in [0.1, 0.15) is 23.1 Å². The van der Waals surface area contributed by atoms with Crippen molar-refractivity contribution in [2.24, 2.45) is 0 Å². The molecule has 3 rings (SSSR count). The molecule has 1 aliphatic rings. The van der Waals surface area contributed by atoms with Gasteiger partial charge in [-0.05, 0) is 47.4 Å². The van der Waals surface area contributed by atoms with E-state index < -0.39 is 0 Å². The quantitative estimate of drug-likeness (QED) is 0.820. The zero-order chi connectivity index (χ0) is 18.7. The van der Waals surface area contributed by atoms with Gasteiger partial charge in [0.05, 0.1) is 28.4 Å². The summed E-state index contributed by atoms with van der Waals surface area (Å²) in [6, 6.07) is 9.55. The highest BCUT2D eigenvalue weighted by molar-refractivity contribution is 6.02. The Morgan fingerprint density at radius 3 is 2.08 bits per heavy atom. The maximum atomic E-state index is 12.4. The summed E-state index contributed by atoms with van der Waals surface area (Å²) in [5.74, 6) is 2.55. The third kappa shape index (κ3) is 3.12. The number of methoxy groups -OCH3 is 4. The molecule has 0 atom stereocenters. The molecule has 1 aliphatic carbocycles. The number of benzene rings is 2. The average Bonchev–Trinajstić information content (AvgIpc) is 2.85. The van der Waals surface area contributed by atoms with E-state index in [1.54, 1.807) is 34.5 Å². The van der Waals surface area contributed by atoms with Gasteiger partial charge in [0.25, 0.3) is 0 Å². The van der Waals surface area contributed by atoms with Gasteiger partial charge in [-0.1, -0.05) is 12.1 Å². The van der Waals surface area contributed by atoms with Gasteiger partial charge >= 0.3 is 0 Å². The molecule has 0 aliphatic heterocycles.